The molecular formula is C20H30IN5O2. The molecule has 154 valence electrons. The maximum Gasteiger partial charge on any atom is 0.193 e. The number of ether oxygens (including phenoxy) is 2. The summed E-state index contributed by atoms with van der Waals surface area (Å²) in [6.45, 7) is 3.87. The Morgan fingerprint density at radius 2 is 2.07 bits per heavy atom. The molecule has 1 aromatic heterocycles. The summed E-state index contributed by atoms with van der Waals surface area (Å²) >= 11 is 0. The molecule has 0 amide bonds. The number of aryl methyl sites for hydroxylation is 1. The molecule has 1 saturated heterocycles. The van der Waals surface area contributed by atoms with Gasteiger partial charge in [-0.2, -0.15) is 5.10 Å². The Bertz CT molecular complexity index is 747. The van der Waals surface area contributed by atoms with Gasteiger partial charge in [-0.05, 0) is 29.7 Å². The molecule has 3 rings (SSSR count). The lowest BCUT2D eigenvalue weighted by atomic mass is 10.0. The molecule has 1 aliphatic heterocycles. The van der Waals surface area contributed by atoms with Crippen LogP contribution in [-0.2, 0) is 18.3 Å². The van der Waals surface area contributed by atoms with E-state index in [4.69, 9.17) is 9.47 Å². The number of nitrogens with zero attached hydrogens (tertiary/aromatic N) is 4. The van der Waals surface area contributed by atoms with E-state index in [0.29, 0.717) is 19.1 Å². The van der Waals surface area contributed by atoms with Gasteiger partial charge in [0.1, 0.15) is 12.4 Å². The number of benzene rings is 1. The predicted molar refractivity (Wildman–Crippen MR) is 122 cm³/mol. The Kier molecular flexibility index (Phi) is 9.04. The molecule has 1 fully saturated rings. The largest absolute Gasteiger partial charge is 0.491 e. The fraction of sp³-hybridized carbons (Fsp3) is 0.500. The lowest BCUT2D eigenvalue weighted by Crippen LogP contribution is -2.39. The summed E-state index contributed by atoms with van der Waals surface area (Å²) in [5, 5.41) is 7.76. The van der Waals surface area contributed by atoms with Crippen LogP contribution in [0.4, 0.5) is 0 Å². The third kappa shape index (κ3) is 6.10. The predicted octanol–water partition coefficient (Wildman–Crippen LogP) is 2.63. The lowest BCUT2D eigenvalue weighted by Gasteiger charge is -2.21. The molecule has 1 atom stereocenters. The summed E-state index contributed by atoms with van der Waals surface area (Å²) in [6, 6.07) is 8.13. The highest BCUT2D eigenvalue weighted by Crippen LogP contribution is 2.26. The first kappa shape index (κ1) is 22.5. The minimum atomic E-state index is 0. The van der Waals surface area contributed by atoms with Crippen LogP contribution < -0.4 is 10.1 Å². The van der Waals surface area contributed by atoms with Gasteiger partial charge in [0.05, 0.1) is 12.8 Å². The van der Waals surface area contributed by atoms with Crippen molar-refractivity contribution in [1.82, 2.24) is 20.0 Å². The Morgan fingerprint density at radius 1 is 1.29 bits per heavy atom. The Balaban J connectivity index is 0.00000280. The fourth-order valence-electron chi connectivity index (χ4n) is 3.34. The zero-order chi connectivity index (χ0) is 19.1. The first-order valence-electron chi connectivity index (χ1n) is 9.34. The second-order valence-corrected chi connectivity index (χ2v) is 6.76. The van der Waals surface area contributed by atoms with Gasteiger partial charge in [-0.25, -0.2) is 0 Å². The molecule has 2 aromatic rings. The SMILES string of the molecule is CN=C(NCc1ccc(OCCOC)cc1)N1CCC(c2cnn(C)c2)C1.I. The van der Waals surface area contributed by atoms with E-state index in [0.717, 1.165) is 37.8 Å². The van der Waals surface area contributed by atoms with Gasteiger partial charge in [0.2, 0.25) is 0 Å². The third-order valence-corrected chi connectivity index (χ3v) is 4.83. The van der Waals surface area contributed by atoms with E-state index in [-0.39, 0.29) is 24.0 Å². The van der Waals surface area contributed by atoms with Crippen molar-refractivity contribution in [3.8, 4) is 5.75 Å². The van der Waals surface area contributed by atoms with Crippen molar-refractivity contribution in [2.24, 2.45) is 12.0 Å². The molecule has 8 heteroatoms. The van der Waals surface area contributed by atoms with Crippen molar-refractivity contribution in [1.29, 1.82) is 0 Å². The van der Waals surface area contributed by atoms with Crippen LogP contribution in [-0.4, -0.2) is 61.1 Å². The molecule has 1 N–H and O–H groups in total. The molecule has 1 aromatic carbocycles. The van der Waals surface area contributed by atoms with Crippen molar-refractivity contribution in [3.05, 3.63) is 47.8 Å². The molecule has 0 bridgehead atoms. The number of aromatic nitrogens is 2. The van der Waals surface area contributed by atoms with Crippen molar-refractivity contribution in [3.63, 3.8) is 0 Å². The zero-order valence-electron chi connectivity index (χ0n) is 16.8. The first-order chi connectivity index (χ1) is 13.2. The minimum Gasteiger partial charge on any atom is -0.491 e. The van der Waals surface area contributed by atoms with Crippen molar-refractivity contribution >= 4 is 29.9 Å². The highest BCUT2D eigenvalue weighted by molar-refractivity contribution is 14.0. The number of rotatable bonds is 7. The number of hydrogen-bond acceptors (Lipinski definition) is 4. The van der Waals surface area contributed by atoms with Gasteiger partial charge in [0.15, 0.2) is 5.96 Å². The normalized spacial score (nSPS) is 16.8. The number of likely N-dealkylation sites (tertiary alicyclic amines) is 1. The summed E-state index contributed by atoms with van der Waals surface area (Å²) in [6.07, 6.45) is 5.21. The number of hydrogen-bond donors (Lipinski definition) is 1. The van der Waals surface area contributed by atoms with Crippen LogP contribution in [0.2, 0.25) is 0 Å². The Labute approximate surface area is 184 Å². The van der Waals surface area contributed by atoms with Crippen molar-refractivity contribution < 1.29 is 9.47 Å². The third-order valence-electron chi connectivity index (χ3n) is 4.83. The van der Waals surface area contributed by atoms with Crippen LogP contribution in [0.3, 0.4) is 0 Å². The number of methoxy groups -OCH3 is 1. The highest BCUT2D eigenvalue weighted by Gasteiger charge is 2.26. The number of nitrogens with one attached hydrogen (secondary N) is 1. The van der Waals surface area contributed by atoms with Crippen LogP contribution in [0.5, 0.6) is 5.75 Å². The van der Waals surface area contributed by atoms with E-state index < -0.39 is 0 Å². The van der Waals surface area contributed by atoms with Crippen molar-refractivity contribution in [2.75, 3.05) is 40.5 Å². The van der Waals surface area contributed by atoms with Gasteiger partial charge in [-0.3, -0.25) is 9.67 Å². The van der Waals surface area contributed by atoms with Crippen molar-refractivity contribution in [2.45, 2.75) is 18.9 Å². The van der Waals surface area contributed by atoms with E-state index in [1.807, 2.05) is 37.1 Å². The van der Waals surface area contributed by atoms with Crippen LogP contribution in [0, 0.1) is 0 Å². The molecule has 2 heterocycles. The van der Waals surface area contributed by atoms with Crippen LogP contribution in [0.15, 0.2) is 41.7 Å². The number of halogens is 1. The van der Waals surface area contributed by atoms with Gasteiger partial charge < -0.3 is 19.7 Å². The van der Waals surface area contributed by atoms with E-state index in [1.54, 1.807) is 7.11 Å². The maximum absolute atomic E-state index is 5.60. The van der Waals surface area contributed by atoms with Crippen LogP contribution in [0.25, 0.3) is 0 Å². The molecule has 0 saturated carbocycles. The molecule has 28 heavy (non-hydrogen) atoms. The second-order valence-electron chi connectivity index (χ2n) is 6.76. The summed E-state index contributed by atoms with van der Waals surface area (Å²) in [5.41, 5.74) is 2.50. The number of aliphatic imine (C=N–C) groups is 1. The highest BCUT2D eigenvalue weighted by atomic mass is 127. The summed E-state index contributed by atoms with van der Waals surface area (Å²) in [4.78, 5) is 6.78. The quantitative estimate of drug-likeness (QED) is 0.275. The van der Waals surface area contributed by atoms with Gasteiger partial charge in [0, 0.05) is 53.0 Å². The molecule has 0 radical (unpaired) electrons. The van der Waals surface area contributed by atoms with E-state index in [2.05, 4.69) is 38.6 Å². The lowest BCUT2D eigenvalue weighted by molar-refractivity contribution is 0.146. The topological polar surface area (TPSA) is 63.9 Å². The molecule has 1 unspecified atom stereocenters. The van der Waals surface area contributed by atoms with Gasteiger partial charge >= 0.3 is 0 Å². The second kappa shape index (κ2) is 11.3. The van der Waals surface area contributed by atoms with Gasteiger partial charge in [-0.15, -0.1) is 24.0 Å². The summed E-state index contributed by atoms with van der Waals surface area (Å²) in [7, 11) is 5.47. The zero-order valence-corrected chi connectivity index (χ0v) is 19.1. The number of guanidine groups is 1. The van der Waals surface area contributed by atoms with E-state index in [1.165, 1.54) is 11.1 Å². The Hall–Kier alpha value is -1.81. The maximum atomic E-state index is 5.60. The average molecular weight is 499 g/mol. The standard InChI is InChI=1S/C20H29N5O2.HI/c1-21-20(25-9-8-17(15-25)18-13-23-24(2)14-18)22-12-16-4-6-19(7-5-16)27-11-10-26-3;/h4-7,13-14,17H,8-12,15H2,1-3H3,(H,21,22);1H. The average Bonchev–Trinajstić information content (AvgIpc) is 3.33. The van der Waals surface area contributed by atoms with E-state index in [9.17, 15) is 0 Å². The Morgan fingerprint density at radius 3 is 2.71 bits per heavy atom. The smallest absolute Gasteiger partial charge is 0.193 e. The molecule has 0 spiro atoms. The molecule has 1 aliphatic rings. The molecule has 0 aliphatic carbocycles. The van der Waals surface area contributed by atoms with Gasteiger partial charge in [-0.1, -0.05) is 12.1 Å². The summed E-state index contributed by atoms with van der Waals surface area (Å²) in [5.74, 6) is 2.32. The van der Waals surface area contributed by atoms with Gasteiger partial charge in [0.25, 0.3) is 0 Å². The summed E-state index contributed by atoms with van der Waals surface area (Å²) < 4.78 is 12.5. The first-order valence-corrected chi connectivity index (χ1v) is 9.34. The molecule has 7 nitrogen and oxygen atoms in total. The molecular weight excluding hydrogens is 469 g/mol. The monoisotopic (exact) mass is 499 g/mol. The van der Waals surface area contributed by atoms with Crippen LogP contribution >= 0.6 is 24.0 Å². The van der Waals surface area contributed by atoms with E-state index >= 15 is 0 Å². The van der Waals surface area contributed by atoms with Crippen LogP contribution in [0.1, 0.15) is 23.5 Å². The minimum absolute atomic E-state index is 0. The fourth-order valence-corrected chi connectivity index (χ4v) is 3.34.